The van der Waals surface area contributed by atoms with Gasteiger partial charge in [-0.2, -0.15) is 5.10 Å². The normalized spacial score (nSPS) is 20.7. The van der Waals surface area contributed by atoms with Gasteiger partial charge in [0, 0.05) is 17.7 Å². The van der Waals surface area contributed by atoms with Gasteiger partial charge < -0.3 is 0 Å². The molecule has 0 spiro atoms. The van der Waals surface area contributed by atoms with E-state index in [1.165, 1.54) is 10.8 Å². The monoisotopic (exact) mass is 379 g/mol. The number of hydrogen-bond donors (Lipinski definition) is 0. The van der Waals surface area contributed by atoms with Gasteiger partial charge in [-0.15, -0.1) is 0 Å². The highest BCUT2D eigenvalue weighted by atomic mass is 35.5. The molecule has 4 rings (SSSR count). The Bertz CT molecular complexity index is 955. The Balaban J connectivity index is 1.98. The van der Waals surface area contributed by atoms with Crippen LogP contribution in [0.25, 0.3) is 16.8 Å². The van der Waals surface area contributed by atoms with Crippen LogP contribution in [0.2, 0.25) is 5.15 Å². The number of fused-ring (bicyclic) bond motifs is 1. The fraction of sp³-hybridized carbons (Fsp3) is 0.368. The van der Waals surface area contributed by atoms with Gasteiger partial charge in [-0.3, -0.25) is 0 Å². The number of benzene rings is 1. The first-order valence-corrected chi connectivity index (χ1v) is 9.00. The molecule has 3 nitrogen and oxygen atoms in total. The van der Waals surface area contributed by atoms with Crippen LogP contribution in [-0.2, 0) is 0 Å². The van der Waals surface area contributed by atoms with Crippen molar-refractivity contribution < 1.29 is 13.2 Å². The summed E-state index contributed by atoms with van der Waals surface area (Å²) >= 11 is 6.49. The third kappa shape index (κ3) is 2.86. The van der Waals surface area contributed by atoms with Crippen LogP contribution in [-0.4, -0.2) is 14.6 Å². The SMILES string of the molecule is CC1CCC(c2cc3ncnn3c(Cl)c2-c2c(F)cc(F)cc2F)CC1. The van der Waals surface area contributed by atoms with E-state index in [-0.39, 0.29) is 22.2 Å². The molecule has 136 valence electrons. The lowest BCUT2D eigenvalue weighted by atomic mass is 9.77. The van der Waals surface area contributed by atoms with Crippen molar-refractivity contribution in [1.82, 2.24) is 14.6 Å². The van der Waals surface area contributed by atoms with E-state index in [0.29, 0.717) is 23.7 Å². The van der Waals surface area contributed by atoms with Crippen LogP contribution in [0, 0.1) is 23.4 Å². The first kappa shape index (κ1) is 17.3. The maximum absolute atomic E-state index is 14.5. The van der Waals surface area contributed by atoms with Gasteiger partial charge in [0.2, 0.25) is 0 Å². The molecular weight excluding hydrogens is 363 g/mol. The van der Waals surface area contributed by atoms with Crippen molar-refractivity contribution in [1.29, 1.82) is 0 Å². The summed E-state index contributed by atoms with van der Waals surface area (Å²) in [7, 11) is 0. The van der Waals surface area contributed by atoms with E-state index in [1.54, 1.807) is 6.07 Å². The van der Waals surface area contributed by atoms with E-state index in [4.69, 9.17) is 11.6 Å². The molecule has 1 aliphatic rings. The minimum atomic E-state index is -0.978. The van der Waals surface area contributed by atoms with Gasteiger partial charge in [0.1, 0.15) is 28.9 Å². The fourth-order valence-electron chi connectivity index (χ4n) is 3.86. The van der Waals surface area contributed by atoms with E-state index < -0.39 is 17.5 Å². The highest BCUT2D eigenvalue weighted by molar-refractivity contribution is 6.32. The average Bonchev–Trinajstić information content (AvgIpc) is 3.05. The number of rotatable bonds is 2. The minimum absolute atomic E-state index is 0.0815. The van der Waals surface area contributed by atoms with Crippen LogP contribution < -0.4 is 0 Å². The first-order valence-electron chi connectivity index (χ1n) is 8.62. The largest absolute Gasteiger partial charge is 0.215 e. The zero-order chi connectivity index (χ0) is 18.4. The molecule has 26 heavy (non-hydrogen) atoms. The summed E-state index contributed by atoms with van der Waals surface area (Å²) in [5.74, 6) is -2.18. The van der Waals surface area contributed by atoms with Gasteiger partial charge in [-0.05, 0) is 36.3 Å². The Kier molecular flexibility index (Phi) is 4.39. The van der Waals surface area contributed by atoms with Crippen LogP contribution in [0.4, 0.5) is 13.2 Å². The predicted molar refractivity (Wildman–Crippen MR) is 93.7 cm³/mol. The maximum atomic E-state index is 14.5. The van der Waals surface area contributed by atoms with E-state index in [1.807, 2.05) is 0 Å². The smallest absolute Gasteiger partial charge is 0.157 e. The van der Waals surface area contributed by atoms with Crippen LogP contribution >= 0.6 is 11.6 Å². The van der Waals surface area contributed by atoms with Gasteiger partial charge in [0.05, 0.1) is 5.56 Å². The molecule has 1 aromatic carbocycles. The van der Waals surface area contributed by atoms with Gasteiger partial charge in [0.15, 0.2) is 5.65 Å². The number of nitrogens with zero attached hydrogens (tertiary/aromatic N) is 3. The first-order chi connectivity index (χ1) is 12.5. The van der Waals surface area contributed by atoms with Crippen molar-refractivity contribution in [2.24, 2.45) is 5.92 Å². The highest BCUT2D eigenvalue weighted by Gasteiger charge is 2.28. The van der Waals surface area contributed by atoms with Crippen LogP contribution in [0.1, 0.15) is 44.1 Å². The van der Waals surface area contributed by atoms with Crippen LogP contribution in [0.15, 0.2) is 24.5 Å². The van der Waals surface area contributed by atoms with Crippen molar-refractivity contribution in [3.05, 3.63) is 52.7 Å². The number of halogens is 4. The Labute approximate surface area is 153 Å². The Hall–Kier alpha value is -2.08. The molecule has 1 fully saturated rings. The second kappa shape index (κ2) is 6.58. The fourth-order valence-corrected chi connectivity index (χ4v) is 4.19. The lowest BCUT2D eigenvalue weighted by Crippen LogP contribution is -2.13. The maximum Gasteiger partial charge on any atom is 0.157 e. The van der Waals surface area contributed by atoms with E-state index in [9.17, 15) is 13.2 Å². The number of hydrogen-bond acceptors (Lipinski definition) is 2. The molecule has 1 aliphatic carbocycles. The van der Waals surface area contributed by atoms with Gasteiger partial charge in [-0.1, -0.05) is 31.4 Å². The second-order valence-corrected chi connectivity index (χ2v) is 7.35. The predicted octanol–water partition coefficient (Wildman–Crippen LogP) is 5.76. The van der Waals surface area contributed by atoms with E-state index in [0.717, 1.165) is 31.2 Å². The lowest BCUT2D eigenvalue weighted by Gasteiger charge is -2.28. The molecule has 0 amide bonds. The zero-order valence-corrected chi connectivity index (χ0v) is 14.9. The molecule has 2 aromatic heterocycles. The summed E-state index contributed by atoms with van der Waals surface area (Å²) in [5, 5.41) is 4.12. The Morgan fingerprint density at radius 3 is 2.31 bits per heavy atom. The third-order valence-electron chi connectivity index (χ3n) is 5.25. The second-order valence-electron chi connectivity index (χ2n) is 7.00. The molecule has 0 saturated heterocycles. The average molecular weight is 380 g/mol. The zero-order valence-electron chi connectivity index (χ0n) is 14.1. The molecule has 0 radical (unpaired) electrons. The summed E-state index contributed by atoms with van der Waals surface area (Å²) in [4.78, 5) is 4.16. The highest BCUT2D eigenvalue weighted by Crippen LogP contribution is 2.44. The Morgan fingerprint density at radius 2 is 1.65 bits per heavy atom. The van der Waals surface area contributed by atoms with Gasteiger partial charge in [-0.25, -0.2) is 22.7 Å². The molecule has 0 aliphatic heterocycles. The molecule has 0 unspecified atom stereocenters. The minimum Gasteiger partial charge on any atom is -0.215 e. The summed E-state index contributed by atoms with van der Waals surface area (Å²) in [6, 6.07) is 3.14. The summed E-state index contributed by atoms with van der Waals surface area (Å²) in [5.41, 5.74) is 1.18. The quantitative estimate of drug-likeness (QED) is 0.530. The van der Waals surface area contributed by atoms with Crippen LogP contribution in [0.5, 0.6) is 0 Å². The molecule has 1 saturated carbocycles. The summed E-state index contributed by atoms with van der Waals surface area (Å²) in [6.07, 6.45) is 5.22. The van der Waals surface area contributed by atoms with Crippen molar-refractivity contribution in [2.75, 3.05) is 0 Å². The molecule has 3 aromatic rings. The van der Waals surface area contributed by atoms with Crippen LogP contribution in [0.3, 0.4) is 0 Å². The van der Waals surface area contributed by atoms with Crippen molar-refractivity contribution >= 4 is 17.2 Å². The van der Waals surface area contributed by atoms with Gasteiger partial charge in [0.25, 0.3) is 0 Å². The van der Waals surface area contributed by atoms with E-state index >= 15 is 0 Å². The van der Waals surface area contributed by atoms with Crippen molar-refractivity contribution in [3.63, 3.8) is 0 Å². The summed E-state index contributed by atoms with van der Waals surface area (Å²) < 4.78 is 43.8. The Morgan fingerprint density at radius 1 is 1.00 bits per heavy atom. The number of aromatic nitrogens is 3. The third-order valence-corrected chi connectivity index (χ3v) is 5.60. The molecule has 2 heterocycles. The topological polar surface area (TPSA) is 30.2 Å². The molecule has 0 N–H and O–H groups in total. The molecule has 7 heteroatoms. The summed E-state index contributed by atoms with van der Waals surface area (Å²) in [6.45, 7) is 2.20. The van der Waals surface area contributed by atoms with E-state index in [2.05, 4.69) is 17.0 Å². The standard InChI is InChI=1S/C19H17ClF3N3/c1-10-2-4-11(5-3-10)13-8-16-24-9-25-26(16)19(20)17(13)18-14(22)6-12(21)7-15(18)23/h6-11H,2-5H2,1H3. The lowest BCUT2D eigenvalue weighted by molar-refractivity contribution is 0.348. The molecular formula is C19H17ClF3N3. The molecule has 0 bridgehead atoms. The van der Waals surface area contributed by atoms with Crippen molar-refractivity contribution in [2.45, 2.75) is 38.5 Å². The molecule has 0 atom stereocenters. The number of pyridine rings is 1. The van der Waals surface area contributed by atoms with Crippen molar-refractivity contribution in [3.8, 4) is 11.1 Å². The van der Waals surface area contributed by atoms with Gasteiger partial charge >= 0.3 is 0 Å².